The standard InChI is InChI=1S/C6H14N2O4S/c1-11-6-3-7-13(9,10)8-4-2-5-12-8/h7H,2-6H2,1H3. The molecule has 0 spiro atoms. The topological polar surface area (TPSA) is 67.9 Å². The third-order valence-corrected chi connectivity index (χ3v) is 2.97. The van der Waals surface area contributed by atoms with E-state index in [1.54, 1.807) is 0 Å². The second-order valence-corrected chi connectivity index (χ2v) is 4.25. The first-order valence-electron chi connectivity index (χ1n) is 4.06. The van der Waals surface area contributed by atoms with Gasteiger partial charge < -0.3 is 4.74 Å². The van der Waals surface area contributed by atoms with Gasteiger partial charge in [0.25, 0.3) is 0 Å². The number of methoxy groups -OCH3 is 1. The molecule has 6 nitrogen and oxygen atoms in total. The van der Waals surface area contributed by atoms with Crippen molar-refractivity contribution in [1.29, 1.82) is 0 Å². The maximum absolute atomic E-state index is 11.3. The molecular formula is C6H14N2O4S. The largest absolute Gasteiger partial charge is 0.383 e. The van der Waals surface area contributed by atoms with Crippen LogP contribution < -0.4 is 4.72 Å². The maximum atomic E-state index is 11.3. The average molecular weight is 210 g/mol. The van der Waals surface area contributed by atoms with Crippen LogP contribution in [0.4, 0.5) is 0 Å². The molecule has 0 unspecified atom stereocenters. The quantitative estimate of drug-likeness (QED) is 0.597. The van der Waals surface area contributed by atoms with Gasteiger partial charge in [-0.2, -0.15) is 13.1 Å². The Labute approximate surface area is 77.9 Å². The lowest BCUT2D eigenvalue weighted by Gasteiger charge is -2.14. The number of nitrogens with one attached hydrogen (secondary N) is 1. The lowest BCUT2D eigenvalue weighted by atomic mass is 10.5. The van der Waals surface area contributed by atoms with Crippen LogP contribution in [0.2, 0.25) is 0 Å². The highest BCUT2D eigenvalue weighted by atomic mass is 32.2. The van der Waals surface area contributed by atoms with Gasteiger partial charge in [-0.1, -0.05) is 4.47 Å². The molecule has 7 heteroatoms. The van der Waals surface area contributed by atoms with E-state index in [-0.39, 0.29) is 6.54 Å². The van der Waals surface area contributed by atoms with Crippen molar-refractivity contribution in [3.05, 3.63) is 0 Å². The predicted molar refractivity (Wildman–Crippen MR) is 46.1 cm³/mol. The lowest BCUT2D eigenvalue weighted by Crippen LogP contribution is -2.39. The fourth-order valence-corrected chi connectivity index (χ4v) is 2.03. The van der Waals surface area contributed by atoms with Gasteiger partial charge in [-0.15, -0.1) is 0 Å². The van der Waals surface area contributed by atoms with Crippen LogP contribution in [0.25, 0.3) is 0 Å². The van der Waals surface area contributed by atoms with E-state index in [0.717, 1.165) is 10.9 Å². The Hall–Kier alpha value is -0.210. The summed E-state index contributed by atoms with van der Waals surface area (Å²) in [4.78, 5) is 4.89. The Bertz CT molecular complexity index is 235. The molecule has 13 heavy (non-hydrogen) atoms. The zero-order valence-electron chi connectivity index (χ0n) is 7.52. The smallest absolute Gasteiger partial charge is 0.301 e. The molecule has 0 amide bonds. The Balaban J connectivity index is 2.36. The summed E-state index contributed by atoms with van der Waals surface area (Å²) in [5.41, 5.74) is 0. The molecule has 1 heterocycles. The van der Waals surface area contributed by atoms with Crippen molar-refractivity contribution >= 4 is 10.2 Å². The van der Waals surface area contributed by atoms with Gasteiger partial charge in [-0.25, -0.2) is 0 Å². The SMILES string of the molecule is COCCNS(=O)(=O)N1CCCO1. The van der Waals surface area contributed by atoms with Gasteiger partial charge in [0.1, 0.15) is 0 Å². The summed E-state index contributed by atoms with van der Waals surface area (Å²) in [6.45, 7) is 1.50. The first-order chi connectivity index (χ1) is 6.17. The van der Waals surface area contributed by atoms with Crippen LogP contribution in [0.3, 0.4) is 0 Å². The summed E-state index contributed by atoms with van der Waals surface area (Å²) in [6.07, 6.45) is 0.741. The summed E-state index contributed by atoms with van der Waals surface area (Å²) < 4.78 is 30.7. The van der Waals surface area contributed by atoms with Gasteiger partial charge >= 0.3 is 10.2 Å². The molecule has 1 aliphatic rings. The molecule has 0 aliphatic carbocycles. The molecule has 1 rings (SSSR count). The molecule has 1 N–H and O–H groups in total. The zero-order chi connectivity index (χ0) is 9.73. The Kier molecular flexibility index (Phi) is 4.07. The van der Waals surface area contributed by atoms with Gasteiger partial charge in [0.2, 0.25) is 0 Å². The molecule has 0 bridgehead atoms. The van der Waals surface area contributed by atoms with Crippen LogP contribution in [0, 0.1) is 0 Å². The molecule has 0 radical (unpaired) electrons. The van der Waals surface area contributed by atoms with Gasteiger partial charge in [0, 0.05) is 20.2 Å². The highest BCUT2D eigenvalue weighted by molar-refractivity contribution is 7.87. The molecule has 1 fully saturated rings. The fraction of sp³-hybridized carbons (Fsp3) is 1.00. The Morgan fingerprint density at radius 1 is 1.62 bits per heavy atom. The summed E-state index contributed by atoms with van der Waals surface area (Å²) in [6, 6.07) is 0. The van der Waals surface area contributed by atoms with Crippen LogP contribution >= 0.6 is 0 Å². The number of rotatable bonds is 5. The van der Waals surface area contributed by atoms with Crippen LogP contribution in [-0.2, 0) is 19.8 Å². The normalized spacial score (nSPS) is 19.5. The zero-order valence-corrected chi connectivity index (χ0v) is 8.34. The minimum absolute atomic E-state index is 0.263. The molecule has 1 saturated heterocycles. The molecule has 78 valence electrons. The van der Waals surface area contributed by atoms with Crippen LogP contribution in [-0.4, -0.2) is 46.3 Å². The predicted octanol–water partition coefficient (Wildman–Crippen LogP) is -0.895. The van der Waals surface area contributed by atoms with E-state index < -0.39 is 10.2 Å². The third kappa shape index (κ3) is 3.20. The highest BCUT2D eigenvalue weighted by Gasteiger charge is 2.25. The van der Waals surface area contributed by atoms with E-state index in [0.29, 0.717) is 19.8 Å². The minimum Gasteiger partial charge on any atom is -0.383 e. The summed E-state index contributed by atoms with van der Waals surface area (Å²) in [7, 11) is -1.94. The van der Waals surface area contributed by atoms with Crippen molar-refractivity contribution in [2.24, 2.45) is 0 Å². The molecule has 0 aromatic rings. The van der Waals surface area contributed by atoms with Crippen molar-refractivity contribution in [2.75, 3.05) is 33.4 Å². The van der Waals surface area contributed by atoms with E-state index in [4.69, 9.17) is 9.57 Å². The first kappa shape index (κ1) is 10.9. The van der Waals surface area contributed by atoms with E-state index in [2.05, 4.69) is 4.72 Å². The van der Waals surface area contributed by atoms with E-state index in [1.807, 2.05) is 0 Å². The third-order valence-electron chi connectivity index (χ3n) is 1.58. The fourth-order valence-electron chi connectivity index (χ4n) is 0.959. The minimum atomic E-state index is -3.45. The number of hydrogen-bond acceptors (Lipinski definition) is 4. The van der Waals surface area contributed by atoms with Crippen molar-refractivity contribution in [2.45, 2.75) is 6.42 Å². The van der Waals surface area contributed by atoms with Crippen molar-refractivity contribution in [3.63, 3.8) is 0 Å². The molecular weight excluding hydrogens is 196 g/mol. The van der Waals surface area contributed by atoms with Crippen molar-refractivity contribution < 1.29 is 18.0 Å². The highest BCUT2D eigenvalue weighted by Crippen LogP contribution is 2.08. The van der Waals surface area contributed by atoms with Gasteiger partial charge in [0.05, 0.1) is 13.2 Å². The van der Waals surface area contributed by atoms with Gasteiger partial charge in [0.15, 0.2) is 0 Å². The van der Waals surface area contributed by atoms with Crippen molar-refractivity contribution in [3.8, 4) is 0 Å². The van der Waals surface area contributed by atoms with Crippen LogP contribution in [0.1, 0.15) is 6.42 Å². The molecule has 0 saturated carbocycles. The Morgan fingerprint density at radius 3 is 2.92 bits per heavy atom. The van der Waals surface area contributed by atoms with E-state index in [1.165, 1.54) is 7.11 Å². The van der Waals surface area contributed by atoms with Crippen LogP contribution in [0.15, 0.2) is 0 Å². The molecule has 0 atom stereocenters. The summed E-state index contributed by atoms with van der Waals surface area (Å²) in [5.74, 6) is 0. The first-order valence-corrected chi connectivity index (χ1v) is 5.50. The van der Waals surface area contributed by atoms with E-state index >= 15 is 0 Å². The number of hydrogen-bond donors (Lipinski definition) is 1. The molecule has 0 aromatic heterocycles. The van der Waals surface area contributed by atoms with E-state index in [9.17, 15) is 8.42 Å². The number of hydroxylamine groups is 1. The summed E-state index contributed by atoms with van der Waals surface area (Å²) in [5, 5.41) is 0. The molecule has 1 aliphatic heterocycles. The number of nitrogens with zero attached hydrogens (tertiary/aromatic N) is 1. The molecule has 0 aromatic carbocycles. The maximum Gasteiger partial charge on any atom is 0.301 e. The summed E-state index contributed by atoms with van der Waals surface area (Å²) >= 11 is 0. The second-order valence-electron chi connectivity index (χ2n) is 2.61. The number of ether oxygens (including phenoxy) is 1. The van der Waals surface area contributed by atoms with Crippen LogP contribution in [0.5, 0.6) is 0 Å². The monoisotopic (exact) mass is 210 g/mol. The van der Waals surface area contributed by atoms with Gasteiger partial charge in [-0.3, -0.25) is 4.84 Å². The lowest BCUT2D eigenvalue weighted by molar-refractivity contribution is -0.0297. The second kappa shape index (κ2) is 4.87. The average Bonchev–Trinajstić information content (AvgIpc) is 2.56. The van der Waals surface area contributed by atoms with Crippen molar-refractivity contribution in [1.82, 2.24) is 9.19 Å². The van der Waals surface area contributed by atoms with Gasteiger partial charge in [-0.05, 0) is 6.42 Å². The Morgan fingerprint density at radius 2 is 2.38 bits per heavy atom.